The lowest BCUT2D eigenvalue weighted by Gasteiger charge is -2.14. The van der Waals surface area contributed by atoms with Crippen LogP contribution >= 0.6 is 0 Å². The van der Waals surface area contributed by atoms with Crippen LogP contribution in [0.5, 0.6) is 0 Å². The van der Waals surface area contributed by atoms with Crippen molar-refractivity contribution in [1.29, 1.82) is 0 Å². The lowest BCUT2D eigenvalue weighted by atomic mass is 9.93. The average Bonchev–Trinajstić information content (AvgIpc) is 2.78. The summed E-state index contributed by atoms with van der Waals surface area (Å²) >= 11 is 0. The fourth-order valence-electron chi connectivity index (χ4n) is 3.52. The van der Waals surface area contributed by atoms with Gasteiger partial charge in [0.15, 0.2) is 0 Å². The van der Waals surface area contributed by atoms with Crippen LogP contribution in [0.2, 0.25) is 0 Å². The second kappa shape index (κ2) is 10.9. The SMILES string of the molecule is O=CC(NC(=O)Cc1cccc(C[C@H](C=O)Cc2ccccc2)c1)c1ccccc1. The first-order valence-electron chi connectivity index (χ1n) is 10.0. The summed E-state index contributed by atoms with van der Waals surface area (Å²) in [5.74, 6) is -0.335. The van der Waals surface area contributed by atoms with Crippen molar-refractivity contribution < 1.29 is 14.4 Å². The van der Waals surface area contributed by atoms with Crippen LogP contribution in [0.15, 0.2) is 84.9 Å². The van der Waals surface area contributed by atoms with Crippen LogP contribution in [0, 0.1) is 5.92 Å². The summed E-state index contributed by atoms with van der Waals surface area (Å²) in [6, 6.07) is 26.2. The van der Waals surface area contributed by atoms with E-state index in [9.17, 15) is 14.4 Å². The van der Waals surface area contributed by atoms with Gasteiger partial charge in [-0.05, 0) is 35.1 Å². The van der Waals surface area contributed by atoms with Crippen molar-refractivity contribution in [3.8, 4) is 0 Å². The highest BCUT2D eigenvalue weighted by atomic mass is 16.2. The minimum atomic E-state index is -0.660. The molecule has 1 amide bonds. The minimum absolute atomic E-state index is 0.117. The molecule has 0 saturated carbocycles. The Morgan fingerprint density at radius 3 is 2.00 bits per heavy atom. The van der Waals surface area contributed by atoms with E-state index >= 15 is 0 Å². The maximum Gasteiger partial charge on any atom is 0.225 e. The van der Waals surface area contributed by atoms with Crippen LogP contribution in [-0.4, -0.2) is 18.5 Å². The molecule has 3 rings (SSSR count). The largest absolute Gasteiger partial charge is 0.342 e. The van der Waals surface area contributed by atoms with Crippen molar-refractivity contribution in [3.63, 3.8) is 0 Å². The number of amides is 1. The number of benzene rings is 3. The first-order chi connectivity index (χ1) is 14.7. The molecule has 0 radical (unpaired) electrons. The van der Waals surface area contributed by atoms with Crippen molar-refractivity contribution in [2.45, 2.75) is 25.3 Å². The van der Waals surface area contributed by atoms with Crippen molar-refractivity contribution in [1.82, 2.24) is 5.32 Å². The Morgan fingerprint density at radius 2 is 1.33 bits per heavy atom. The molecule has 30 heavy (non-hydrogen) atoms. The van der Waals surface area contributed by atoms with Crippen molar-refractivity contribution in [2.24, 2.45) is 5.92 Å². The van der Waals surface area contributed by atoms with E-state index in [-0.39, 0.29) is 18.2 Å². The number of nitrogens with one attached hydrogen (secondary N) is 1. The molecule has 1 unspecified atom stereocenters. The summed E-state index contributed by atoms with van der Waals surface area (Å²) in [4.78, 5) is 35.4. The maximum atomic E-state index is 12.5. The lowest BCUT2D eigenvalue weighted by molar-refractivity contribution is -0.123. The Kier molecular flexibility index (Phi) is 7.67. The monoisotopic (exact) mass is 399 g/mol. The summed E-state index contributed by atoms with van der Waals surface area (Å²) in [5.41, 5.74) is 3.76. The standard InChI is InChI=1S/C26H25NO3/c28-18-23(14-20-8-3-1-4-9-20)16-21-10-7-11-22(15-21)17-26(30)27-25(19-29)24-12-5-2-6-13-24/h1-13,15,18-19,23,25H,14,16-17H2,(H,27,30)/t23-,25?/m1/s1. The van der Waals surface area contributed by atoms with Crippen LogP contribution in [0.25, 0.3) is 0 Å². The molecular weight excluding hydrogens is 374 g/mol. The third-order valence-electron chi connectivity index (χ3n) is 5.00. The van der Waals surface area contributed by atoms with Crippen LogP contribution in [0.1, 0.15) is 28.3 Å². The molecule has 0 aromatic heterocycles. The molecule has 0 aliphatic rings. The first kappa shape index (κ1) is 21.2. The number of aldehydes is 2. The van der Waals surface area contributed by atoms with Gasteiger partial charge in [0.2, 0.25) is 5.91 Å². The Morgan fingerprint density at radius 1 is 0.733 bits per heavy atom. The van der Waals surface area contributed by atoms with Crippen molar-refractivity contribution >= 4 is 18.5 Å². The van der Waals surface area contributed by atoms with Gasteiger partial charge in [0, 0.05) is 5.92 Å². The zero-order valence-corrected chi connectivity index (χ0v) is 16.7. The van der Waals surface area contributed by atoms with E-state index in [1.54, 1.807) is 0 Å². The molecule has 0 bridgehead atoms. The van der Waals surface area contributed by atoms with Gasteiger partial charge in [-0.25, -0.2) is 0 Å². The number of carbonyl (C=O) groups excluding carboxylic acids is 3. The van der Waals surface area contributed by atoms with Crippen molar-refractivity contribution in [3.05, 3.63) is 107 Å². The Hall–Kier alpha value is -3.53. The number of carbonyl (C=O) groups is 3. The molecule has 0 heterocycles. The second-order valence-electron chi connectivity index (χ2n) is 7.38. The molecule has 0 aliphatic carbocycles. The summed E-state index contributed by atoms with van der Waals surface area (Å²) in [6.07, 6.45) is 3.22. The van der Waals surface area contributed by atoms with E-state index in [1.807, 2.05) is 84.9 Å². The predicted molar refractivity (Wildman–Crippen MR) is 117 cm³/mol. The fraction of sp³-hybridized carbons (Fsp3) is 0.192. The zero-order chi connectivity index (χ0) is 21.2. The van der Waals surface area contributed by atoms with Crippen LogP contribution in [0.4, 0.5) is 0 Å². The Balaban J connectivity index is 1.61. The highest BCUT2D eigenvalue weighted by Crippen LogP contribution is 2.16. The summed E-state index contributed by atoms with van der Waals surface area (Å²) in [5, 5.41) is 2.77. The van der Waals surface area contributed by atoms with Crippen LogP contribution < -0.4 is 5.32 Å². The molecule has 4 heteroatoms. The molecular formula is C26H25NO3. The van der Waals surface area contributed by atoms with Gasteiger partial charge >= 0.3 is 0 Å². The fourth-order valence-corrected chi connectivity index (χ4v) is 3.52. The number of hydrogen-bond acceptors (Lipinski definition) is 3. The molecule has 2 atom stereocenters. The average molecular weight is 399 g/mol. The summed E-state index contributed by atoms with van der Waals surface area (Å²) in [7, 11) is 0. The van der Waals surface area contributed by atoms with Gasteiger partial charge in [-0.1, -0.05) is 84.9 Å². The number of rotatable bonds is 10. The van der Waals surface area contributed by atoms with E-state index < -0.39 is 6.04 Å². The molecule has 3 aromatic carbocycles. The topological polar surface area (TPSA) is 63.2 Å². The Bertz CT molecular complexity index is 970. The van der Waals surface area contributed by atoms with Gasteiger partial charge in [0.1, 0.15) is 18.6 Å². The van der Waals surface area contributed by atoms with Crippen molar-refractivity contribution in [2.75, 3.05) is 0 Å². The van der Waals surface area contributed by atoms with E-state index in [4.69, 9.17) is 0 Å². The minimum Gasteiger partial charge on any atom is -0.342 e. The second-order valence-corrected chi connectivity index (χ2v) is 7.38. The van der Waals surface area contributed by atoms with E-state index in [2.05, 4.69) is 5.32 Å². The highest BCUT2D eigenvalue weighted by molar-refractivity contribution is 5.82. The quantitative estimate of drug-likeness (QED) is 0.526. The van der Waals surface area contributed by atoms with Crippen LogP contribution in [-0.2, 0) is 33.6 Å². The molecule has 0 saturated heterocycles. The predicted octanol–water partition coefficient (Wildman–Crippen LogP) is 3.89. The maximum absolute atomic E-state index is 12.5. The lowest BCUT2D eigenvalue weighted by Crippen LogP contribution is -2.30. The van der Waals surface area contributed by atoms with Gasteiger partial charge in [-0.3, -0.25) is 4.79 Å². The molecule has 1 N–H and O–H groups in total. The molecule has 4 nitrogen and oxygen atoms in total. The van der Waals surface area contributed by atoms with Crippen LogP contribution in [0.3, 0.4) is 0 Å². The zero-order valence-electron chi connectivity index (χ0n) is 16.7. The van der Waals surface area contributed by atoms with E-state index in [0.717, 1.165) is 34.8 Å². The third kappa shape index (κ3) is 6.24. The summed E-state index contributed by atoms with van der Waals surface area (Å²) in [6.45, 7) is 0. The van der Waals surface area contributed by atoms with Gasteiger partial charge in [-0.15, -0.1) is 0 Å². The summed E-state index contributed by atoms with van der Waals surface area (Å²) < 4.78 is 0. The molecule has 0 aliphatic heterocycles. The Labute approximate surface area is 176 Å². The third-order valence-corrected chi connectivity index (χ3v) is 5.00. The molecule has 152 valence electrons. The van der Waals surface area contributed by atoms with Gasteiger partial charge < -0.3 is 14.9 Å². The molecule has 3 aromatic rings. The number of hydrogen-bond donors (Lipinski definition) is 1. The highest BCUT2D eigenvalue weighted by Gasteiger charge is 2.15. The van der Waals surface area contributed by atoms with Gasteiger partial charge in [-0.2, -0.15) is 0 Å². The van der Waals surface area contributed by atoms with E-state index in [1.165, 1.54) is 0 Å². The smallest absolute Gasteiger partial charge is 0.225 e. The molecule has 0 fully saturated rings. The van der Waals surface area contributed by atoms with Gasteiger partial charge in [0.25, 0.3) is 0 Å². The van der Waals surface area contributed by atoms with Gasteiger partial charge in [0.05, 0.1) is 6.42 Å². The molecule has 0 spiro atoms. The normalized spacial score (nSPS) is 12.5. The van der Waals surface area contributed by atoms with E-state index in [0.29, 0.717) is 12.8 Å². The first-order valence-corrected chi connectivity index (χ1v) is 10.0.